The summed E-state index contributed by atoms with van der Waals surface area (Å²) < 4.78 is 38.3. The van der Waals surface area contributed by atoms with E-state index < -0.39 is 29.7 Å². The summed E-state index contributed by atoms with van der Waals surface area (Å²) in [5.74, 6) is -1.25. The fraction of sp³-hybridized carbons (Fsp3) is 0.273. The lowest BCUT2D eigenvalue weighted by Gasteiger charge is -2.30. The SMILES string of the molecule is O=C1NC(=O)C(CC(=O)N2CCc3c(cccc3C(=O)c3ccc(C(F)(F)F)cc3)C2)N1. The van der Waals surface area contributed by atoms with E-state index in [2.05, 4.69) is 10.6 Å². The van der Waals surface area contributed by atoms with E-state index in [4.69, 9.17) is 0 Å². The molecule has 10 heteroatoms. The van der Waals surface area contributed by atoms with Crippen molar-refractivity contribution in [1.29, 1.82) is 0 Å². The Morgan fingerprint density at radius 3 is 2.41 bits per heavy atom. The van der Waals surface area contributed by atoms with Crippen molar-refractivity contribution < 1.29 is 32.3 Å². The fourth-order valence-electron chi connectivity index (χ4n) is 3.91. The molecule has 2 N–H and O–H groups in total. The van der Waals surface area contributed by atoms with Gasteiger partial charge in [-0.2, -0.15) is 13.2 Å². The van der Waals surface area contributed by atoms with Crippen LogP contribution in [-0.2, 0) is 28.7 Å². The summed E-state index contributed by atoms with van der Waals surface area (Å²) in [6, 6.07) is 7.58. The van der Waals surface area contributed by atoms with Crippen LogP contribution in [0.5, 0.6) is 0 Å². The van der Waals surface area contributed by atoms with Gasteiger partial charge in [-0.1, -0.05) is 30.3 Å². The number of alkyl halides is 3. The number of fused-ring (bicyclic) bond motifs is 1. The third-order valence-electron chi connectivity index (χ3n) is 5.58. The Labute approximate surface area is 180 Å². The van der Waals surface area contributed by atoms with Crippen LogP contribution in [0, 0.1) is 0 Å². The molecule has 0 saturated carbocycles. The molecule has 1 atom stereocenters. The molecule has 2 aliphatic heterocycles. The summed E-state index contributed by atoms with van der Waals surface area (Å²) in [5, 5.41) is 4.46. The van der Waals surface area contributed by atoms with E-state index in [1.54, 1.807) is 23.1 Å². The van der Waals surface area contributed by atoms with Crippen LogP contribution in [0.4, 0.5) is 18.0 Å². The van der Waals surface area contributed by atoms with Crippen LogP contribution < -0.4 is 10.6 Å². The number of urea groups is 1. The van der Waals surface area contributed by atoms with Crippen LogP contribution in [0.25, 0.3) is 0 Å². The van der Waals surface area contributed by atoms with Crippen molar-refractivity contribution in [1.82, 2.24) is 15.5 Å². The number of rotatable bonds is 4. The Morgan fingerprint density at radius 2 is 1.78 bits per heavy atom. The van der Waals surface area contributed by atoms with E-state index in [1.807, 2.05) is 0 Å². The smallest absolute Gasteiger partial charge is 0.338 e. The summed E-state index contributed by atoms with van der Waals surface area (Å²) in [5.41, 5.74) is 1.20. The fourth-order valence-corrected chi connectivity index (χ4v) is 3.91. The number of hydrogen-bond donors (Lipinski definition) is 2. The van der Waals surface area contributed by atoms with Crippen molar-refractivity contribution >= 4 is 23.6 Å². The maximum atomic E-state index is 12.9. The van der Waals surface area contributed by atoms with E-state index in [1.165, 1.54) is 0 Å². The lowest BCUT2D eigenvalue weighted by Crippen LogP contribution is -2.41. The van der Waals surface area contributed by atoms with Gasteiger partial charge in [0.25, 0.3) is 5.91 Å². The molecule has 1 saturated heterocycles. The van der Waals surface area contributed by atoms with Crippen LogP contribution in [0.2, 0.25) is 0 Å². The largest absolute Gasteiger partial charge is 0.416 e. The average Bonchev–Trinajstić information content (AvgIpc) is 3.08. The summed E-state index contributed by atoms with van der Waals surface area (Å²) >= 11 is 0. The number of hydrogen-bond acceptors (Lipinski definition) is 4. The minimum atomic E-state index is -4.48. The van der Waals surface area contributed by atoms with E-state index in [-0.39, 0.29) is 30.2 Å². The molecule has 2 heterocycles. The molecule has 2 aromatic rings. The summed E-state index contributed by atoms with van der Waals surface area (Å²) in [6.45, 7) is 0.538. The molecule has 0 aromatic heterocycles. The van der Waals surface area contributed by atoms with Gasteiger partial charge in [0.15, 0.2) is 5.78 Å². The molecular weight excluding hydrogens is 427 g/mol. The van der Waals surface area contributed by atoms with Crippen LogP contribution >= 0.6 is 0 Å². The number of carbonyl (C=O) groups is 4. The number of nitrogens with one attached hydrogen (secondary N) is 2. The molecule has 7 nitrogen and oxygen atoms in total. The van der Waals surface area contributed by atoms with E-state index >= 15 is 0 Å². The van der Waals surface area contributed by atoms with Gasteiger partial charge >= 0.3 is 12.2 Å². The molecule has 2 aliphatic rings. The van der Waals surface area contributed by atoms with E-state index in [0.29, 0.717) is 18.5 Å². The molecule has 4 rings (SSSR count). The number of benzene rings is 2. The summed E-state index contributed by atoms with van der Waals surface area (Å²) in [7, 11) is 0. The third kappa shape index (κ3) is 4.20. The van der Waals surface area contributed by atoms with Gasteiger partial charge in [-0.15, -0.1) is 0 Å². The highest BCUT2D eigenvalue weighted by molar-refractivity contribution is 6.10. The zero-order valence-electron chi connectivity index (χ0n) is 16.7. The standard InChI is InChI=1S/C22H18F3N3O4/c23-22(24,25)14-6-4-12(5-7-14)19(30)16-3-1-2-13-11-28(9-8-15(13)16)18(29)10-17-20(31)27-21(32)26-17/h1-7,17H,8-11H2,(H2,26,27,31,32). The molecule has 0 aliphatic carbocycles. The molecule has 166 valence electrons. The first-order chi connectivity index (χ1) is 15.1. The van der Waals surface area contributed by atoms with Crippen LogP contribution in [-0.4, -0.2) is 41.1 Å². The number of ketones is 1. The zero-order chi connectivity index (χ0) is 23.0. The molecule has 0 spiro atoms. The van der Waals surface area contributed by atoms with Crippen LogP contribution in [0.3, 0.4) is 0 Å². The summed E-state index contributed by atoms with van der Waals surface area (Å²) in [6.07, 6.45) is -4.27. The van der Waals surface area contributed by atoms with Gasteiger partial charge in [-0.05, 0) is 29.7 Å². The van der Waals surface area contributed by atoms with Gasteiger partial charge < -0.3 is 10.2 Å². The Balaban J connectivity index is 1.50. The van der Waals surface area contributed by atoms with Crippen LogP contribution in [0.1, 0.15) is 39.0 Å². The Kier molecular flexibility index (Phi) is 5.45. The molecule has 32 heavy (non-hydrogen) atoms. The van der Waals surface area contributed by atoms with Crippen LogP contribution in [0.15, 0.2) is 42.5 Å². The highest BCUT2D eigenvalue weighted by Crippen LogP contribution is 2.30. The maximum Gasteiger partial charge on any atom is 0.416 e. The van der Waals surface area contributed by atoms with Crippen molar-refractivity contribution in [2.24, 2.45) is 0 Å². The molecule has 0 radical (unpaired) electrons. The predicted octanol–water partition coefficient (Wildman–Crippen LogP) is 2.42. The van der Waals surface area contributed by atoms with Gasteiger partial charge in [0.05, 0.1) is 12.0 Å². The normalized spacial score (nSPS) is 18.1. The molecular formula is C22H18F3N3O4. The van der Waals surface area contributed by atoms with Gasteiger partial charge in [-0.25, -0.2) is 4.79 Å². The lowest BCUT2D eigenvalue weighted by atomic mass is 9.90. The second kappa shape index (κ2) is 8.10. The Hall–Kier alpha value is -3.69. The van der Waals surface area contributed by atoms with Crippen molar-refractivity contribution in [3.63, 3.8) is 0 Å². The van der Waals surface area contributed by atoms with Crippen molar-refractivity contribution in [2.45, 2.75) is 31.6 Å². The number of carbonyl (C=O) groups excluding carboxylic acids is 4. The highest BCUT2D eigenvalue weighted by atomic mass is 19.4. The molecule has 2 aromatic carbocycles. The second-order valence-electron chi connectivity index (χ2n) is 7.63. The minimum Gasteiger partial charge on any atom is -0.338 e. The first-order valence-corrected chi connectivity index (χ1v) is 9.85. The van der Waals surface area contributed by atoms with E-state index in [0.717, 1.165) is 35.4 Å². The lowest BCUT2D eigenvalue weighted by molar-refractivity contribution is -0.137. The molecule has 1 fully saturated rings. The zero-order valence-corrected chi connectivity index (χ0v) is 16.7. The minimum absolute atomic E-state index is 0.146. The third-order valence-corrected chi connectivity index (χ3v) is 5.58. The monoisotopic (exact) mass is 445 g/mol. The quantitative estimate of drug-likeness (QED) is 0.558. The highest BCUT2D eigenvalue weighted by Gasteiger charge is 2.34. The maximum absolute atomic E-state index is 12.9. The first kappa shape index (κ1) is 21.5. The molecule has 4 amide bonds. The first-order valence-electron chi connectivity index (χ1n) is 9.85. The Morgan fingerprint density at radius 1 is 1.06 bits per heavy atom. The average molecular weight is 445 g/mol. The van der Waals surface area contributed by atoms with Gasteiger partial charge in [0, 0.05) is 24.2 Å². The van der Waals surface area contributed by atoms with Crippen molar-refractivity contribution in [3.05, 3.63) is 70.3 Å². The number of halogens is 3. The number of nitrogens with zero attached hydrogens (tertiary/aromatic N) is 1. The summed E-state index contributed by atoms with van der Waals surface area (Å²) in [4.78, 5) is 50.0. The molecule has 0 bridgehead atoms. The number of amides is 4. The van der Waals surface area contributed by atoms with E-state index in [9.17, 15) is 32.3 Å². The van der Waals surface area contributed by atoms with Gasteiger partial charge in [0.2, 0.25) is 5.91 Å². The number of imide groups is 1. The topological polar surface area (TPSA) is 95.6 Å². The van der Waals surface area contributed by atoms with Crippen molar-refractivity contribution in [3.8, 4) is 0 Å². The Bertz CT molecular complexity index is 1110. The predicted molar refractivity (Wildman–Crippen MR) is 106 cm³/mol. The van der Waals surface area contributed by atoms with Gasteiger partial charge in [0.1, 0.15) is 6.04 Å². The second-order valence-corrected chi connectivity index (χ2v) is 7.63. The van der Waals surface area contributed by atoms with Crippen molar-refractivity contribution in [2.75, 3.05) is 6.54 Å². The van der Waals surface area contributed by atoms with Gasteiger partial charge in [-0.3, -0.25) is 19.7 Å². The molecule has 1 unspecified atom stereocenters.